The van der Waals surface area contributed by atoms with Crippen molar-refractivity contribution in [2.24, 2.45) is 0 Å². The number of fused-ring (bicyclic) bond motifs is 1. The monoisotopic (exact) mass is 485 g/mol. The Hall–Kier alpha value is -3.71. The predicted molar refractivity (Wildman–Crippen MR) is 143 cm³/mol. The van der Waals surface area contributed by atoms with Crippen molar-refractivity contribution in [3.63, 3.8) is 0 Å². The van der Waals surface area contributed by atoms with E-state index in [9.17, 15) is 4.39 Å². The van der Waals surface area contributed by atoms with Crippen molar-refractivity contribution in [2.75, 3.05) is 37.4 Å². The molecule has 36 heavy (non-hydrogen) atoms. The summed E-state index contributed by atoms with van der Waals surface area (Å²) in [6, 6.07) is 23.3. The highest BCUT2D eigenvalue weighted by atomic mass is 19.1. The molecule has 0 spiro atoms. The summed E-state index contributed by atoms with van der Waals surface area (Å²) < 4.78 is 18.5. The fourth-order valence-electron chi connectivity index (χ4n) is 4.62. The summed E-state index contributed by atoms with van der Waals surface area (Å²) in [5.41, 5.74) is 3.21. The Morgan fingerprint density at radius 3 is 2.39 bits per heavy atom. The smallest absolute Gasteiger partial charge is 0.225 e. The molecule has 186 valence electrons. The highest BCUT2D eigenvalue weighted by molar-refractivity contribution is 5.90. The van der Waals surface area contributed by atoms with Gasteiger partial charge in [0.25, 0.3) is 0 Å². The lowest BCUT2D eigenvalue weighted by Gasteiger charge is -2.32. The Labute approximate surface area is 211 Å². The molecule has 1 aliphatic heterocycles. The first-order valence-corrected chi connectivity index (χ1v) is 12.5. The van der Waals surface area contributed by atoms with Gasteiger partial charge in [-0.3, -0.25) is 0 Å². The molecule has 0 unspecified atom stereocenters. The van der Waals surface area contributed by atoms with E-state index in [1.54, 1.807) is 19.2 Å². The molecule has 0 saturated carbocycles. The van der Waals surface area contributed by atoms with Gasteiger partial charge >= 0.3 is 0 Å². The number of para-hydroxylation sites is 1. The first-order chi connectivity index (χ1) is 17.7. The van der Waals surface area contributed by atoms with Crippen molar-refractivity contribution in [3.05, 3.63) is 89.7 Å². The molecule has 1 fully saturated rings. The number of nitrogens with one attached hydrogen (secondary N) is 2. The van der Waals surface area contributed by atoms with Crippen LogP contribution < -0.4 is 15.4 Å². The second kappa shape index (κ2) is 11.4. The second-order valence-corrected chi connectivity index (χ2v) is 9.25. The number of halogens is 1. The number of aromatic nitrogens is 2. The molecule has 4 aromatic rings. The maximum Gasteiger partial charge on any atom is 0.225 e. The summed E-state index contributed by atoms with van der Waals surface area (Å²) in [7, 11) is 1.70. The number of ether oxygens (including phenoxy) is 1. The van der Waals surface area contributed by atoms with Crippen LogP contribution in [0.4, 0.5) is 16.2 Å². The Balaban J connectivity index is 1.19. The highest BCUT2D eigenvalue weighted by Crippen LogP contribution is 2.25. The van der Waals surface area contributed by atoms with Crippen LogP contribution in [-0.2, 0) is 13.0 Å². The number of nitrogens with zero attached hydrogens (tertiary/aromatic N) is 3. The number of benzene rings is 3. The van der Waals surface area contributed by atoms with Gasteiger partial charge in [-0.2, -0.15) is 4.98 Å². The first-order valence-electron chi connectivity index (χ1n) is 12.5. The maximum atomic E-state index is 13.2. The summed E-state index contributed by atoms with van der Waals surface area (Å²) in [4.78, 5) is 12.0. The number of piperidine rings is 1. The van der Waals surface area contributed by atoms with E-state index in [1.807, 2.05) is 30.3 Å². The van der Waals surface area contributed by atoms with Gasteiger partial charge in [-0.1, -0.05) is 36.4 Å². The third kappa shape index (κ3) is 6.10. The fraction of sp³-hybridized carbons (Fsp3) is 0.310. The molecule has 0 radical (unpaired) electrons. The van der Waals surface area contributed by atoms with E-state index < -0.39 is 0 Å². The number of anilines is 2. The Morgan fingerprint density at radius 1 is 0.917 bits per heavy atom. The van der Waals surface area contributed by atoms with Crippen LogP contribution in [0.3, 0.4) is 0 Å². The summed E-state index contributed by atoms with van der Waals surface area (Å²) >= 11 is 0. The summed E-state index contributed by atoms with van der Waals surface area (Å²) in [5, 5.41) is 8.01. The van der Waals surface area contributed by atoms with Crippen molar-refractivity contribution >= 4 is 22.7 Å². The topological polar surface area (TPSA) is 62.3 Å². The van der Waals surface area contributed by atoms with E-state index in [0.717, 1.165) is 66.9 Å². The third-order valence-electron chi connectivity index (χ3n) is 6.77. The SMILES string of the molecule is COc1ccc(CCN2CCC(Nc3nc(NCc4ccc(F)cc4)nc4ccccc34)CC2)cc1. The molecule has 2 heterocycles. The van der Waals surface area contributed by atoms with E-state index in [0.29, 0.717) is 18.5 Å². The van der Waals surface area contributed by atoms with E-state index >= 15 is 0 Å². The maximum absolute atomic E-state index is 13.2. The molecular weight excluding hydrogens is 453 g/mol. The molecule has 1 aliphatic rings. The summed E-state index contributed by atoms with van der Waals surface area (Å²) in [6.45, 7) is 3.72. The van der Waals surface area contributed by atoms with Crippen molar-refractivity contribution in [3.8, 4) is 5.75 Å². The first kappa shape index (κ1) is 24.0. The van der Waals surface area contributed by atoms with Gasteiger partial charge in [-0.05, 0) is 66.8 Å². The Morgan fingerprint density at radius 2 is 1.64 bits per heavy atom. The van der Waals surface area contributed by atoms with Gasteiger partial charge in [0.1, 0.15) is 17.4 Å². The van der Waals surface area contributed by atoms with Gasteiger partial charge in [-0.25, -0.2) is 9.37 Å². The summed E-state index contributed by atoms with van der Waals surface area (Å²) in [6.07, 6.45) is 3.18. The largest absolute Gasteiger partial charge is 0.497 e. The van der Waals surface area contributed by atoms with Crippen molar-refractivity contribution in [2.45, 2.75) is 31.8 Å². The van der Waals surface area contributed by atoms with Gasteiger partial charge in [0.15, 0.2) is 0 Å². The minimum Gasteiger partial charge on any atom is -0.497 e. The Kier molecular flexibility index (Phi) is 7.57. The molecule has 1 aromatic heterocycles. The van der Waals surface area contributed by atoms with Crippen LogP contribution in [0, 0.1) is 5.82 Å². The molecule has 0 amide bonds. The van der Waals surface area contributed by atoms with Gasteiger partial charge in [0.05, 0.1) is 12.6 Å². The summed E-state index contributed by atoms with van der Waals surface area (Å²) in [5.74, 6) is 2.09. The molecule has 0 bridgehead atoms. The standard InChI is InChI=1S/C29H32FN5O/c1-36-25-12-8-21(9-13-25)14-17-35-18-15-24(16-19-35)32-28-26-4-2-3-5-27(26)33-29(34-28)31-20-22-6-10-23(30)11-7-22/h2-13,24H,14-20H2,1H3,(H2,31,32,33,34). The zero-order chi connectivity index (χ0) is 24.7. The molecule has 5 rings (SSSR count). The number of hydrogen-bond donors (Lipinski definition) is 2. The normalized spacial score (nSPS) is 14.6. The van der Waals surface area contributed by atoms with Crippen LogP contribution in [0.25, 0.3) is 10.9 Å². The average molecular weight is 486 g/mol. The lowest BCUT2D eigenvalue weighted by atomic mass is 10.0. The third-order valence-corrected chi connectivity index (χ3v) is 6.77. The van der Waals surface area contributed by atoms with E-state index in [4.69, 9.17) is 9.72 Å². The minimum atomic E-state index is -0.237. The molecule has 0 atom stereocenters. The number of likely N-dealkylation sites (tertiary alicyclic amines) is 1. The molecule has 6 nitrogen and oxygen atoms in total. The quantitative estimate of drug-likeness (QED) is 0.326. The highest BCUT2D eigenvalue weighted by Gasteiger charge is 2.20. The lowest BCUT2D eigenvalue weighted by Crippen LogP contribution is -2.40. The van der Waals surface area contributed by atoms with Crippen molar-refractivity contribution in [1.82, 2.24) is 14.9 Å². The molecule has 3 aromatic carbocycles. The molecule has 7 heteroatoms. The van der Waals surface area contributed by atoms with Crippen LogP contribution in [0.1, 0.15) is 24.0 Å². The second-order valence-electron chi connectivity index (χ2n) is 9.25. The predicted octanol–water partition coefficient (Wildman–Crippen LogP) is 5.51. The van der Waals surface area contributed by atoms with Crippen LogP contribution in [-0.4, -0.2) is 47.7 Å². The van der Waals surface area contributed by atoms with E-state index in [1.165, 1.54) is 17.7 Å². The van der Waals surface area contributed by atoms with E-state index in [2.05, 4.69) is 38.7 Å². The van der Waals surface area contributed by atoms with Crippen molar-refractivity contribution < 1.29 is 9.13 Å². The average Bonchev–Trinajstić information content (AvgIpc) is 2.92. The molecule has 0 aliphatic carbocycles. The zero-order valence-electron chi connectivity index (χ0n) is 20.6. The van der Waals surface area contributed by atoms with Crippen LogP contribution in [0.5, 0.6) is 5.75 Å². The molecular formula is C29H32FN5O. The van der Waals surface area contributed by atoms with Crippen LogP contribution >= 0.6 is 0 Å². The van der Waals surface area contributed by atoms with Gasteiger partial charge in [0, 0.05) is 37.6 Å². The van der Waals surface area contributed by atoms with Crippen LogP contribution in [0.2, 0.25) is 0 Å². The van der Waals surface area contributed by atoms with Crippen LogP contribution in [0.15, 0.2) is 72.8 Å². The molecule has 2 N–H and O–H groups in total. The minimum absolute atomic E-state index is 0.237. The Bertz CT molecular complexity index is 1270. The number of hydrogen-bond acceptors (Lipinski definition) is 6. The number of rotatable bonds is 9. The lowest BCUT2D eigenvalue weighted by molar-refractivity contribution is 0.221. The van der Waals surface area contributed by atoms with E-state index in [-0.39, 0.29) is 5.82 Å². The zero-order valence-corrected chi connectivity index (χ0v) is 20.6. The van der Waals surface area contributed by atoms with Gasteiger partial charge in [0.2, 0.25) is 5.95 Å². The number of methoxy groups -OCH3 is 1. The van der Waals surface area contributed by atoms with Gasteiger partial charge in [-0.15, -0.1) is 0 Å². The fourth-order valence-corrected chi connectivity index (χ4v) is 4.62. The molecule has 1 saturated heterocycles. The van der Waals surface area contributed by atoms with Gasteiger partial charge < -0.3 is 20.3 Å². The van der Waals surface area contributed by atoms with Crippen molar-refractivity contribution in [1.29, 1.82) is 0 Å².